The van der Waals surface area contributed by atoms with Gasteiger partial charge in [-0.15, -0.1) is 18.3 Å². The largest absolute Gasteiger partial charge is 0.573 e. The Morgan fingerprint density at radius 1 is 0.935 bits per heavy atom. The third kappa shape index (κ3) is 5.56. The number of halogens is 3. The quantitative estimate of drug-likeness (QED) is 0.446. The molecule has 158 valence electrons. The van der Waals surface area contributed by atoms with Crippen LogP contribution in [0.3, 0.4) is 0 Å². The van der Waals surface area contributed by atoms with Gasteiger partial charge in [0.1, 0.15) is 5.75 Å². The normalized spacial score (nSPS) is 11.3. The van der Waals surface area contributed by atoms with Gasteiger partial charge < -0.3 is 14.5 Å². The summed E-state index contributed by atoms with van der Waals surface area (Å²) in [5, 5.41) is 10.7. The number of anilines is 2. The van der Waals surface area contributed by atoms with Crippen LogP contribution in [0.1, 0.15) is 11.3 Å². The monoisotopic (exact) mass is 427 g/mol. The Morgan fingerprint density at radius 2 is 1.77 bits per heavy atom. The van der Waals surface area contributed by atoms with E-state index in [0.29, 0.717) is 17.7 Å². The summed E-state index contributed by atoms with van der Waals surface area (Å²) in [4.78, 5) is 8.43. The molecule has 4 aromatic rings. The molecule has 31 heavy (non-hydrogen) atoms. The highest BCUT2D eigenvalue weighted by atomic mass is 19.4. The van der Waals surface area contributed by atoms with Gasteiger partial charge in [0.15, 0.2) is 0 Å². The molecule has 0 bridgehead atoms. The average molecular weight is 427 g/mol. The number of nitrogens with zero attached hydrogens (tertiary/aromatic N) is 4. The fraction of sp³-hybridized carbons (Fsp3) is 0.143. The SMILES string of the molecule is FC(F)(F)Oc1cccc(Nc2nnc(-c3cccnc3CCc3ccncc3)o2)c1. The maximum atomic E-state index is 12.4. The van der Waals surface area contributed by atoms with Crippen LogP contribution in [0.2, 0.25) is 0 Å². The first-order chi connectivity index (χ1) is 15.0. The minimum absolute atomic E-state index is 0.0306. The van der Waals surface area contributed by atoms with Crippen LogP contribution in [0, 0.1) is 0 Å². The first-order valence-corrected chi connectivity index (χ1v) is 9.26. The van der Waals surface area contributed by atoms with E-state index in [9.17, 15) is 13.2 Å². The Kier molecular flexibility index (Phi) is 5.78. The highest BCUT2D eigenvalue weighted by Gasteiger charge is 2.31. The van der Waals surface area contributed by atoms with Gasteiger partial charge in [-0.3, -0.25) is 9.97 Å². The van der Waals surface area contributed by atoms with E-state index < -0.39 is 6.36 Å². The van der Waals surface area contributed by atoms with E-state index in [0.717, 1.165) is 17.7 Å². The number of nitrogens with one attached hydrogen (secondary N) is 1. The highest BCUT2D eigenvalue weighted by Crippen LogP contribution is 2.28. The molecule has 0 radical (unpaired) electrons. The van der Waals surface area contributed by atoms with Gasteiger partial charge in [0.05, 0.1) is 11.3 Å². The zero-order chi connectivity index (χ0) is 21.7. The van der Waals surface area contributed by atoms with Crippen LogP contribution in [0.15, 0.2) is 71.5 Å². The second-order valence-corrected chi connectivity index (χ2v) is 6.47. The minimum atomic E-state index is -4.77. The number of ether oxygens (including phenoxy) is 1. The molecule has 0 aliphatic carbocycles. The van der Waals surface area contributed by atoms with Crippen molar-refractivity contribution in [1.29, 1.82) is 0 Å². The second-order valence-electron chi connectivity index (χ2n) is 6.47. The molecule has 3 heterocycles. The van der Waals surface area contributed by atoms with Crippen LogP contribution in [-0.4, -0.2) is 26.5 Å². The molecule has 4 rings (SSSR count). The molecule has 0 atom stereocenters. The Labute approximate surface area is 174 Å². The third-order valence-electron chi connectivity index (χ3n) is 4.26. The smallest absolute Gasteiger partial charge is 0.406 e. The number of hydrogen-bond donors (Lipinski definition) is 1. The van der Waals surface area contributed by atoms with Crippen molar-refractivity contribution < 1.29 is 22.3 Å². The fourth-order valence-electron chi connectivity index (χ4n) is 2.92. The lowest BCUT2D eigenvalue weighted by Crippen LogP contribution is -2.17. The maximum Gasteiger partial charge on any atom is 0.573 e. The summed E-state index contributed by atoms with van der Waals surface area (Å²) in [5.74, 6) is -0.106. The number of benzene rings is 1. The Morgan fingerprint density at radius 3 is 2.58 bits per heavy atom. The summed E-state index contributed by atoms with van der Waals surface area (Å²) < 4.78 is 46.8. The number of aromatic nitrogens is 4. The molecule has 0 aliphatic heterocycles. The van der Waals surface area contributed by atoms with Gasteiger partial charge in [-0.05, 0) is 54.8 Å². The first kappa shape index (κ1) is 20.3. The topological polar surface area (TPSA) is 86.0 Å². The van der Waals surface area contributed by atoms with Crippen LogP contribution >= 0.6 is 0 Å². The van der Waals surface area contributed by atoms with Gasteiger partial charge in [-0.2, -0.15) is 0 Å². The van der Waals surface area contributed by atoms with Gasteiger partial charge in [0.2, 0.25) is 0 Å². The zero-order valence-corrected chi connectivity index (χ0v) is 16.0. The molecule has 1 N–H and O–H groups in total. The summed E-state index contributed by atoms with van der Waals surface area (Å²) in [6.45, 7) is 0. The predicted octanol–water partition coefficient (Wildman–Crippen LogP) is 4.95. The third-order valence-corrected chi connectivity index (χ3v) is 4.26. The molecule has 1 aromatic carbocycles. The highest BCUT2D eigenvalue weighted by molar-refractivity contribution is 5.59. The fourth-order valence-corrected chi connectivity index (χ4v) is 2.92. The lowest BCUT2D eigenvalue weighted by Gasteiger charge is -2.09. The van der Waals surface area contributed by atoms with Crippen molar-refractivity contribution in [2.45, 2.75) is 19.2 Å². The summed E-state index contributed by atoms with van der Waals surface area (Å²) in [5.41, 5.74) is 2.91. The Bertz CT molecular complexity index is 1150. The number of pyridine rings is 2. The number of alkyl halides is 3. The molecule has 0 spiro atoms. The van der Waals surface area contributed by atoms with Gasteiger partial charge in [-0.25, -0.2) is 0 Å². The van der Waals surface area contributed by atoms with Crippen molar-refractivity contribution in [3.8, 4) is 17.2 Å². The maximum absolute atomic E-state index is 12.4. The van der Waals surface area contributed by atoms with Crippen LogP contribution in [0.4, 0.5) is 24.9 Å². The molecule has 0 fully saturated rings. The van der Waals surface area contributed by atoms with Crippen molar-refractivity contribution in [3.63, 3.8) is 0 Å². The summed E-state index contributed by atoms with van der Waals surface area (Å²) in [6.07, 6.45) is 1.80. The van der Waals surface area contributed by atoms with Crippen molar-refractivity contribution in [1.82, 2.24) is 20.2 Å². The van der Waals surface area contributed by atoms with Crippen LogP contribution in [-0.2, 0) is 12.8 Å². The number of rotatable bonds is 7. The van der Waals surface area contributed by atoms with Crippen molar-refractivity contribution >= 4 is 11.7 Å². The van der Waals surface area contributed by atoms with E-state index >= 15 is 0 Å². The first-order valence-electron chi connectivity index (χ1n) is 9.26. The standard InChI is InChI=1S/C21H16F3N5O2/c22-21(23,24)31-16-4-1-3-15(13-16)27-20-29-28-19(30-20)17-5-2-10-26-18(17)7-6-14-8-11-25-12-9-14/h1-5,8-13H,6-7H2,(H,27,29). The summed E-state index contributed by atoms with van der Waals surface area (Å²) in [6, 6.07) is 12.8. The average Bonchev–Trinajstić information content (AvgIpc) is 3.20. The van der Waals surface area contributed by atoms with E-state index in [1.165, 1.54) is 18.2 Å². The van der Waals surface area contributed by atoms with E-state index in [4.69, 9.17) is 4.42 Å². The molecule has 3 aromatic heterocycles. The molecule has 0 amide bonds. The lowest BCUT2D eigenvalue weighted by molar-refractivity contribution is -0.274. The molecular weight excluding hydrogens is 411 g/mol. The Balaban J connectivity index is 1.49. The lowest BCUT2D eigenvalue weighted by atomic mass is 10.1. The van der Waals surface area contributed by atoms with Gasteiger partial charge in [0, 0.05) is 30.3 Å². The Hall–Kier alpha value is -3.95. The summed E-state index contributed by atoms with van der Waals surface area (Å²) >= 11 is 0. The molecule has 10 heteroatoms. The molecule has 7 nitrogen and oxygen atoms in total. The zero-order valence-electron chi connectivity index (χ0n) is 16.0. The van der Waals surface area contributed by atoms with E-state index in [-0.39, 0.29) is 17.7 Å². The molecule has 0 aliphatic rings. The van der Waals surface area contributed by atoms with Gasteiger partial charge in [-0.1, -0.05) is 11.2 Å². The van der Waals surface area contributed by atoms with Gasteiger partial charge in [0.25, 0.3) is 5.89 Å². The summed E-state index contributed by atoms with van der Waals surface area (Å²) in [7, 11) is 0. The van der Waals surface area contributed by atoms with Crippen molar-refractivity contribution in [3.05, 3.63) is 78.4 Å². The van der Waals surface area contributed by atoms with Crippen molar-refractivity contribution in [2.75, 3.05) is 5.32 Å². The van der Waals surface area contributed by atoms with Crippen LogP contribution in [0.25, 0.3) is 11.5 Å². The number of aryl methyl sites for hydroxylation is 2. The van der Waals surface area contributed by atoms with Crippen LogP contribution in [0.5, 0.6) is 5.75 Å². The number of hydrogen-bond acceptors (Lipinski definition) is 7. The predicted molar refractivity (Wildman–Crippen MR) is 106 cm³/mol. The van der Waals surface area contributed by atoms with E-state index in [1.54, 1.807) is 30.7 Å². The van der Waals surface area contributed by atoms with Crippen molar-refractivity contribution in [2.24, 2.45) is 0 Å². The second kappa shape index (κ2) is 8.82. The minimum Gasteiger partial charge on any atom is -0.406 e. The van der Waals surface area contributed by atoms with Crippen LogP contribution < -0.4 is 10.1 Å². The molecular formula is C21H16F3N5O2. The van der Waals surface area contributed by atoms with Gasteiger partial charge >= 0.3 is 12.4 Å². The molecule has 0 saturated carbocycles. The molecule has 0 unspecified atom stereocenters. The van der Waals surface area contributed by atoms with E-state index in [2.05, 4.69) is 30.2 Å². The van der Waals surface area contributed by atoms with E-state index in [1.807, 2.05) is 18.2 Å². The molecule has 0 saturated heterocycles.